The molecule has 174 valence electrons. The van der Waals surface area contributed by atoms with Gasteiger partial charge in [0.1, 0.15) is 6.54 Å². The lowest BCUT2D eigenvalue weighted by atomic mass is 9.93. The summed E-state index contributed by atoms with van der Waals surface area (Å²) in [5, 5.41) is 4.66. The number of amides is 2. The van der Waals surface area contributed by atoms with Gasteiger partial charge in [0.05, 0.1) is 9.75 Å². The number of Topliss-reactive ketones (excluding diaryl/α,β-unsaturated/α-hetero) is 2. The molecule has 1 atom stereocenters. The Balaban J connectivity index is 1.44. The van der Waals surface area contributed by atoms with Crippen LogP contribution in [0.15, 0.2) is 68.6 Å². The van der Waals surface area contributed by atoms with Crippen molar-refractivity contribution in [1.29, 1.82) is 0 Å². The summed E-state index contributed by atoms with van der Waals surface area (Å²) in [7, 11) is 0. The van der Waals surface area contributed by atoms with Crippen LogP contribution in [0.1, 0.15) is 45.0 Å². The fourth-order valence-corrected chi connectivity index (χ4v) is 4.88. The average Bonchev–Trinajstić information content (AvgIpc) is 3.59. The molecule has 0 saturated carbocycles. The summed E-state index contributed by atoms with van der Waals surface area (Å²) in [5.74, 6) is -1.51. The molecule has 4 heterocycles. The third kappa shape index (κ3) is 5.89. The number of ketones is 2. The Morgan fingerprint density at radius 2 is 1.68 bits per heavy atom. The molecule has 10 heteroatoms. The van der Waals surface area contributed by atoms with Crippen molar-refractivity contribution in [2.24, 2.45) is 15.9 Å². The molecule has 2 aliphatic rings. The molecule has 2 aliphatic heterocycles. The van der Waals surface area contributed by atoms with Crippen LogP contribution in [-0.4, -0.2) is 47.4 Å². The van der Waals surface area contributed by atoms with Crippen LogP contribution in [0.5, 0.6) is 0 Å². The maximum Gasteiger partial charge on any atom is 0.270 e. The topological polar surface area (TPSA) is 108 Å². The van der Waals surface area contributed by atoms with Crippen LogP contribution in [0.2, 0.25) is 0 Å². The van der Waals surface area contributed by atoms with Crippen molar-refractivity contribution in [3.05, 3.63) is 68.3 Å². The first-order chi connectivity index (χ1) is 16.5. The van der Waals surface area contributed by atoms with E-state index in [1.54, 1.807) is 36.0 Å². The Labute approximate surface area is 204 Å². The quantitative estimate of drug-likeness (QED) is 0.444. The van der Waals surface area contributed by atoms with Gasteiger partial charge in [0.25, 0.3) is 11.8 Å². The van der Waals surface area contributed by atoms with E-state index in [0.29, 0.717) is 40.2 Å². The van der Waals surface area contributed by atoms with E-state index in [9.17, 15) is 19.2 Å². The molecule has 2 aromatic rings. The third-order valence-electron chi connectivity index (χ3n) is 5.28. The molecular weight excluding hydrogens is 472 g/mol. The van der Waals surface area contributed by atoms with Gasteiger partial charge >= 0.3 is 0 Å². The summed E-state index contributed by atoms with van der Waals surface area (Å²) in [5.41, 5.74) is 3.34. The highest BCUT2D eigenvalue weighted by molar-refractivity contribution is 7.12. The third-order valence-corrected chi connectivity index (χ3v) is 7.10. The molecule has 1 N–H and O–H groups in total. The molecule has 0 aromatic carbocycles. The van der Waals surface area contributed by atoms with Gasteiger partial charge in [-0.15, -0.1) is 22.7 Å². The van der Waals surface area contributed by atoms with Crippen LogP contribution in [0, 0.1) is 5.92 Å². The van der Waals surface area contributed by atoms with Gasteiger partial charge in [0, 0.05) is 48.3 Å². The van der Waals surface area contributed by atoms with Gasteiger partial charge in [-0.1, -0.05) is 12.1 Å². The van der Waals surface area contributed by atoms with E-state index in [2.05, 4.69) is 15.4 Å². The Hall–Kier alpha value is -3.50. The van der Waals surface area contributed by atoms with E-state index in [1.165, 1.54) is 35.1 Å². The Kier molecular flexibility index (Phi) is 7.71. The van der Waals surface area contributed by atoms with E-state index in [0.717, 1.165) is 5.01 Å². The van der Waals surface area contributed by atoms with Crippen molar-refractivity contribution >= 4 is 58.5 Å². The van der Waals surface area contributed by atoms with E-state index in [1.807, 2.05) is 11.4 Å². The van der Waals surface area contributed by atoms with Crippen molar-refractivity contribution in [3.63, 3.8) is 0 Å². The second kappa shape index (κ2) is 11.1. The lowest BCUT2D eigenvalue weighted by molar-refractivity contribution is -0.136. The van der Waals surface area contributed by atoms with Gasteiger partial charge in [0.2, 0.25) is 0 Å². The van der Waals surface area contributed by atoms with Crippen LogP contribution in [-0.2, 0) is 9.59 Å². The Bertz CT molecular complexity index is 1190. The molecule has 2 aromatic heterocycles. The second-order valence-electron chi connectivity index (χ2n) is 7.78. The van der Waals surface area contributed by atoms with E-state index in [-0.39, 0.29) is 30.4 Å². The van der Waals surface area contributed by atoms with Gasteiger partial charge in [-0.3, -0.25) is 34.6 Å². The minimum atomic E-state index is -0.530. The molecule has 1 unspecified atom stereocenters. The van der Waals surface area contributed by atoms with Crippen LogP contribution in [0.3, 0.4) is 0 Å². The number of thiophene rings is 2. The largest absolute Gasteiger partial charge is 0.293 e. The first-order valence-electron chi connectivity index (χ1n) is 10.7. The maximum atomic E-state index is 13.1. The average molecular weight is 495 g/mol. The molecule has 4 rings (SSSR count). The van der Waals surface area contributed by atoms with Crippen LogP contribution in [0.4, 0.5) is 0 Å². The standard InChI is InChI=1S/C24H22N4O4S2/c29-19(21-5-2-8-33-21)11-16-10-18(14-26-12-16)23(31)27-28(15-20(30)22-6-3-9-34-22)24(32)17-4-1-7-25-13-17/h2-3,5-9,12-14,16H,1,4,10-11,15H2,(H,27,31). The summed E-state index contributed by atoms with van der Waals surface area (Å²) in [6, 6.07) is 7.02. The van der Waals surface area contributed by atoms with Crippen molar-refractivity contribution in [1.82, 2.24) is 10.4 Å². The molecule has 0 radical (unpaired) electrons. The van der Waals surface area contributed by atoms with Gasteiger partial charge in [0.15, 0.2) is 11.6 Å². The zero-order valence-corrected chi connectivity index (χ0v) is 19.8. The normalized spacial score (nSPS) is 17.0. The molecule has 0 bridgehead atoms. The molecule has 0 aliphatic carbocycles. The number of hydrazine groups is 1. The van der Waals surface area contributed by atoms with E-state index in [4.69, 9.17) is 0 Å². The zero-order chi connectivity index (χ0) is 23.9. The summed E-state index contributed by atoms with van der Waals surface area (Å²) in [6.07, 6.45) is 7.88. The fraction of sp³-hybridized carbons (Fsp3) is 0.250. The van der Waals surface area contributed by atoms with Gasteiger partial charge < -0.3 is 0 Å². The number of aliphatic imine (C=N–C) groups is 2. The lowest BCUT2D eigenvalue weighted by Gasteiger charge is -2.25. The summed E-state index contributed by atoms with van der Waals surface area (Å²) in [6.45, 7) is -0.303. The Morgan fingerprint density at radius 3 is 2.32 bits per heavy atom. The molecular formula is C24H22N4O4S2. The van der Waals surface area contributed by atoms with Gasteiger partial charge in [-0.2, -0.15) is 0 Å². The molecule has 0 spiro atoms. The lowest BCUT2D eigenvalue weighted by Crippen LogP contribution is -2.50. The first kappa shape index (κ1) is 23.7. The monoisotopic (exact) mass is 494 g/mol. The van der Waals surface area contributed by atoms with Crippen molar-refractivity contribution in [3.8, 4) is 0 Å². The summed E-state index contributed by atoms with van der Waals surface area (Å²) < 4.78 is 0. The molecule has 34 heavy (non-hydrogen) atoms. The Morgan fingerprint density at radius 1 is 0.971 bits per heavy atom. The zero-order valence-electron chi connectivity index (χ0n) is 18.2. The number of nitrogens with zero attached hydrogens (tertiary/aromatic N) is 3. The highest BCUT2D eigenvalue weighted by Crippen LogP contribution is 2.22. The second-order valence-corrected chi connectivity index (χ2v) is 9.67. The number of rotatable bonds is 8. The van der Waals surface area contributed by atoms with Crippen molar-refractivity contribution < 1.29 is 19.2 Å². The molecule has 0 saturated heterocycles. The minimum absolute atomic E-state index is 0.00347. The SMILES string of the molecule is O=C(NN(CC(=O)c1cccs1)C(=O)C1=CN=CCC1)C1=CN=CC(CC(=O)c2cccs2)C1. The van der Waals surface area contributed by atoms with Crippen molar-refractivity contribution in [2.45, 2.75) is 25.7 Å². The molecule has 0 fully saturated rings. The summed E-state index contributed by atoms with van der Waals surface area (Å²) >= 11 is 2.65. The predicted molar refractivity (Wildman–Crippen MR) is 132 cm³/mol. The number of nitrogens with one attached hydrogen (secondary N) is 1. The highest BCUT2D eigenvalue weighted by atomic mass is 32.1. The fourth-order valence-electron chi connectivity index (χ4n) is 3.55. The summed E-state index contributed by atoms with van der Waals surface area (Å²) in [4.78, 5) is 60.6. The molecule has 8 nitrogen and oxygen atoms in total. The van der Waals surface area contributed by atoms with Crippen LogP contribution < -0.4 is 5.43 Å². The number of carbonyl (C=O) groups is 4. The predicted octanol–water partition coefficient (Wildman–Crippen LogP) is 3.85. The van der Waals surface area contributed by atoms with Gasteiger partial charge in [-0.25, -0.2) is 5.01 Å². The highest BCUT2D eigenvalue weighted by Gasteiger charge is 2.27. The minimum Gasteiger partial charge on any atom is -0.293 e. The van der Waals surface area contributed by atoms with E-state index >= 15 is 0 Å². The number of carbonyl (C=O) groups excluding carboxylic acids is 4. The maximum absolute atomic E-state index is 13.1. The molecule has 2 amide bonds. The van der Waals surface area contributed by atoms with Crippen LogP contribution >= 0.6 is 22.7 Å². The smallest absolute Gasteiger partial charge is 0.270 e. The number of hydrogen-bond acceptors (Lipinski definition) is 8. The first-order valence-corrected chi connectivity index (χ1v) is 12.5. The van der Waals surface area contributed by atoms with Gasteiger partial charge in [-0.05, 0) is 42.2 Å². The van der Waals surface area contributed by atoms with Crippen LogP contribution in [0.25, 0.3) is 0 Å². The van der Waals surface area contributed by atoms with E-state index < -0.39 is 11.8 Å². The number of hydrogen-bond donors (Lipinski definition) is 1. The van der Waals surface area contributed by atoms with Crippen molar-refractivity contribution in [2.75, 3.05) is 6.54 Å².